The summed E-state index contributed by atoms with van der Waals surface area (Å²) in [6, 6.07) is 0.816. The average molecular weight is 187 g/mol. The fourth-order valence-electron chi connectivity index (χ4n) is 1.89. The maximum atomic E-state index is 3.62. The van der Waals surface area contributed by atoms with Gasteiger partial charge in [0.25, 0.3) is 0 Å². The van der Waals surface area contributed by atoms with E-state index in [1.165, 1.54) is 38.6 Å². The van der Waals surface area contributed by atoms with Crippen LogP contribution in [0, 0.1) is 0 Å². The first-order valence-corrected chi connectivity index (χ1v) is 6.41. The van der Waals surface area contributed by atoms with Crippen molar-refractivity contribution >= 4 is 11.8 Å². The number of rotatable bonds is 4. The summed E-state index contributed by atoms with van der Waals surface area (Å²) in [6.07, 6.45) is 9.16. The minimum atomic E-state index is 0.816. The van der Waals surface area contributed by atoms with Crippen molar-refractivity contribution in [1.82, 2.24) is 5.32 Å². The van der Waals surface area contributed by atoms with Gasteiger partial charge in [-0.15, -0.1) is 0 Å². The molecule has 0 amide bonds. The highest BCUT2D eigenvalue weighted by atomic mass is 32.2. The van der Waals surface area contributed by atoms with Gasteiger partial charge in [0.05, 0.1) is 0 Å². The van der Waals surface area contributed by atoms with Crippen LogP contribution in [0.1, 0.15) is 39.0 Å². The molecular formula is C10H21NS. The zero-order chi connectivity index (χ0) is 8.81. The molecule has 1 fully saturated rings. The summed E-state index contributed by atoms with van der Waals surface area (Å²) in [4.78, 5) is 0. The van der Waals surface area contributed by atoms with Gasteiger partial charge in [-0.25, -0.2) is 0 Å². The third-order valence-corrected chi connectivity index (χ3v) is 3.74. The molecule has 1 saturated carbocycles. The van der Waals surface area contributed by atoms with E-state index in [9.17, 15) is 0 Å². The van der Waals surface area contributed by atoms with Crippen LogP contribution in [-0.4, -0.2) is 24.1 Å². The van der Waals surface area contributed by atoms with Crippen LogP contribution in [-0.2, 0) is 0 Å². The van der Waals surface area contributed by atoms with Crippen LogP contribution in [0.5, 0.6) is 0 Å². The highest BCUT2D eigenvalue weighted by molar-refractivity contribution is 7.99. The minimum absolute atomic E-state index is 0.816. The number of thioether (sulfide) groups is 1. The van der Waals surface area contributed by atoms with Gasteiger partial charge in [0.15, 0.2) is 0 Å². The summed E-state index contributed by atoms with van der Waals surface area (Å²) in [6.45, 7) is 3.44. The van der Waals surface area contributed by atoms with Gasteiger partial charge in [-0.2, -0.15) is 11.8 Å². The zero-order valence-corrected chi connectivity index (χ0v) is 9.12. The fraction of sp³-hybridized carbons (Fsp3) is 1.00. The lowest BCUT2D eigenvalue weighted by Crippen LogP contribution is -2.35. The summed E-state index contributed by atoms with van der Waals surface area (Å²) in [7, 11) is 0. The first kappa shape index (κ1) is 10.4. The van der Waals surface area contributed by atoms with E-state index in [1.54, 1.807) is 0 Å². The fourth-order valence-corrected chi connectivity index (χ4v) is 2.72. The molecule has 1 aliphatic rings. The van der Waals surface area contributed by atoms with E-state index in [0.717, 1.165) is 11.3 Å². The largest absolute Gasteiger partial charge is 0.314 e. The van der Waals surface area contributed by atoms with Crippen LogP contribution in [0.2, 0.25) is 0 Å². The number of hydrogen-bond donors (Lipinski definition) is 1. The summed E-state index contributed by atoms with van der Waals surface area (Å²) in [5.74, 6) is 0. The van der Waals surface area contributed by atoms with Crippen LogP contribution in [0.4, 0.5) is 0 Å². The van der Waals surface area contributed by atoms with Crippen LogP contribution in [0.25, 0.3) is 0 Å². The molecule has 0 bridgehead atoms. The van der Waals surface area contributed by atoms with Gasteiger partial charge >= 0.3 is 0 Å². The topological polar surface area (TPSA) is 12.0 Å². The lowest BCUT2D eigenvalue weighted by molar-refractivity contribution is 0.382. The average Bonchev–Trinajstić information content (AvgIpc) is 2.15. The lowest BCUT2D eigenvalue weighted by Gasteiger charge is -2.28. The summed E-state index contributed by atoms with van der Waals surface area (Å²) in [5.41, 5.74) is 0. The Morgan fingerprint density at radius 3 is 2.92 bits per heavy atom. The van der Waals surface area contributed by atoms with Gasteiger partial charge < -0.3 is 5.32 Å². The Balaban J connectivity index is 2.16. The normalized spacial score (nSPS) is 30.5. The molecule has 2 heteroatoms. The van der Waals surface area contributed by atoms with Crippen LogP contribution in [0.3, 0.4) is 0 Å². The molecule has 0 aromatic rings. The van der Waals surface area contributed by atoms with Crippen LogP contribution in [0.15, 0.2) is 0 Å². The Kier molecular flexibility index (Phi) is 5.08. The molecule has 0 aliphatic heterocycles. The van der Waals surface area contributed by atoms with Crippen LogP contribution >= 0.6 is 11.8 Å². The van der Waals surface area contributed by atoms with E-state index in [-0.39, 0.29) is 0 Å². The molecule has 1 nitrogen and oxygen atoms in total. The van der Waals surface area contributed by atoms with E-state index >= 15 is 0 Å². The Labute approximate surface area is 80.7 Å². The monoisotopic (exact) mass is 187 g/mol. The third-order valence-electron chi connectivity index (χ3n) is 2.64. The molecule has 1 aliphatic carbocycles. The van der Waals surface area contributed by atoms with Crippen molar-refractivity contribution in [2.75, 3.05) is 12.8 Å². The lowest BCUT2D eigenvalue weighted by atomic mass is 9.95. The molecule has 2 atom stereocenters. The predicted octanol–water partition coefficient (Wildman–Crippen LogP) is 2.66. The zero-order valence-electron chi connectivity index (χ0n) is 8.31. The summed E-state index contributed by atoms with van der Waals surface area (Å²) in [5, 5.41) is 4.55. The molecule has 0 saturated heterocycles. The molecule has 0 aromatic heterocycles. The molecule has 0 aromatic carbocycles. The van der Waals surface area contributed by atoms with Gasteiger partial charge in [-0.05, 0) is 38.5 Å². The van der Waals surface area contributed by atoms with Crippen molar-refractivity contribution in [2.24, 2.45) is 0 Å². The van der Waals surface area contributed by atoms with Gasteiger partial charge in [-0.1, -0.05) is 13.3 Å². The van der Waals surface area contributed by atoms with Crippen molar-refractivity contribution in [3.05, 3.63) is 0 Å². The molecule has 0 radical (unpaired) electrons. The molecule has 0 spiro atoms. The Morgan fingerprint density at radius 2 is 2.25 bits per heavy atom. The first-order valence-electron chi connectivity index (χ1n) is 5.13. The SMILES string of the molecule is CCCNC1CCCC(SC)C1. The van der Waals surface area contributed by atoms with E-state index in [1.807, 2.05) is 11.8 Å². The van der Waals surface area contributed by atoms with E-state index < -0.39 is 0 Å². The van der Waals surface area contributed by atoms with E-state index in [2.05, 4.69) is 18.5 Å². The molecule has 12 heavy (non-hydrogen) atoms. The summed E-state index contributed by atoms with van der Waals surface area (Å²) >= 11 is 2.04. The quantitative estimate of drug-likeness (QED) is 0.726. The van der Waals surface area contributed by atoms with Crippen molar-refractivity contribution in [2.45, 2.75) is 50.3 Å². The Hall–Kier alpha value is 0.310. The summed E-state index contributed by atoms with van der Waals surface area (Å²) < 4.78 is 0. The molecule has 72 valence electrons. The standard InChI is InChI=1S/C10H21NS/c1-3-7-11-9-5-4-6-10(8-9)12-2/h9-11H,3-8H2,1-2H3. The molecule has 1 rings (SSSR count). The number of nitrogens with one attached hydrogen (secondary N) is 1. The molecular weight excluding hydrogens is 166 g/mol. The Morgan fingerprint density at radius 1 is 1.42 bits per heavy atom. The number of hydrogen-bond acceptors (Lipinski definition) is 2. The smallest absolute Gasteiger partial charge is 0.00776 e. The van der Waals surface area contributed by atoms with Gasteiger partial charge in [-0.3, -0.25) is 0 Å². The third kappa shape index (κ3) is 3.36. The maximum Gasteiger partial charge on any atom is 0.00776 e. The first-order chi connectivity index (χ1) is 5.86. The van der Waals surface area contributed by atoms with Gasteiger partial charge in [0.1, 0.15) is 0 Å². The maximum absolute atomic E-state index is 3.62. The van der Waals surface area contributed by atoms with Crippen LogP contribution < -0.4 is 5.32 Å². The Bertz CT molecular complexity index is 116. The van der Waals surface area contributed by atoms with Gasteiger partial charge in [0, 0.05) is 11.3 Å². The predicted molar refractivity (Wildman–Crippen MR) is 57.9 cm³/mol. The van der Waals surface area contributed by atoms with Crippen molar-refractivity contribution < 1.29 is 0 Å². The molecule has 2 unspecified atom stereocenters. The highest BCUT2D eigenvalue weighted by Gasteiger charge is 2.19. The van der Waals surface area contributed by atoms with E-state index in [4.69, 9.17) is 0 Å². The second kappa shape index (κ2) is 5.87. The van der Waals surface area contributed by atoms with Crippen molar-refractivity contribution in [1.29, 1.82) is 0 Å². The van der Waals surface area contributed by atoms with Gasteiger partial charge in [0.2, 0.25) is 0 Å². The molecule has 0 heterocycles. The van der Waals surface area contributed by atoms with Crippen molar-refractivity contribution in [3.63, 3.8) is 0 Å². The van der Waals surface area contributed by atoms with E-state index in [0.29, 0.717) is 0 Å². The van der Waals surface area contributed by atoms with Crippen molar-refractivity contribution in [3.8, 4) is 0 Å². The molecule has 1 N–H and O–H groups in total. The second-order valence-electron chi connectivity index (χ2n) is 3.68. The highest BCUT2D eigenvalue weighted by Crippen LogP contribution is 2.26. The minimum Gasteiger partial charge on any atom is -0.314 e. The second-order valence-corrected chi connectivity index (χ2v) is 4.81.